The van der Waals surface area contributed by atoms with Gasteiger partial charge in [0.05, 0.1) is 0 Å². The fraction of sp³-hybridized carbons (Fsp3) is 0. The Morgan fingerprint density at radius 2 is 1.00 bits per heavy atom. The Kier molecular flexibility index (Phi) is 142. The van der Waals surface area contributed by atoms with E-state index in [4.69, 9.17) is 0 Å². The van der Waals surface area contributed by atoms with Crippen LogP contribution in [-0.4, -0.2) is 63.0 Å². The molecule has 0 amide bonds. The van der Waals surface area contributed by atoms with E-state index < -0.39 is 0 Å². The number of hydrogen-bond acceptors (Lipinski definition) is 0. The van der Waals surface area contributed by atoms with Crippen LogP contribution in [0, 0.1) is 0 Å². The summed E-state index contributed by atoms with van der Waals surface area (Å²) in [7, 11) is 0. The third-order valence-electron chi connectivity index (χ3n) is 0. The van der Waals surface area contributed by atoms with E-state index in [1.54, 1.807) is 0 Å². The molecular formula is H12AlGaInP. The second-order valence-corrected chi connectivity index (χ2v) is 0. The SMILES string of the molecule is P.[AlH3].[GaH3].[InH3]. The van der Waals surface area contributed by atoms with Gasteiger partial charge >= 0.3 is 45.6 Å². The Bertz CT molecular complexity index is 8.00. The molecule has 0 saturated carbocycles. The van der Waals surface area contributed by atoms with Gasteiger partial charge in [0, 0.05) is 0 Å². The Hall–Kier alpha value is 2.47. The van der Waals surface area contributed by atoms with E-state index in [0.29, 0.717) is 0 Å². The summed E-state index contributed by atoms with van der Waals surface area (Å²) in [6.45, 7) is 0. The van der Waals surface area contributed by atoms with E-state index in [1.165, 1.54) is 0 Å². The normalized spacial score (nSPS) is 0. The molecule has 0 saturated heterocycles. The van der Waals surface area contributed by atoms with Crippen molar-refractivity contribution in [2.75, 3.05) is 0 Å². The van der Waals surface area contributed by atoms with Gasteiger partial charge in [0.2, 0.25) is 0 Å². The first kappa shape index (κ1) is 31.7. The first-order chi connectivity index (χ1) is 0. The van der Waals surface area contributed by atoms with Gasteiger partial charge in [-0.3, -0.25) is 0 Å². The number of rotatable bonds is 0. The van der Waals surface area contributed by atoms with E-state index >= 15 is 0 Å². The van der Waals surface area contributed by atoms with E-state index in [1.807, 2.05) is 0 Å². The maximum absolute atomic E-state index is 0. The van der Waals surface area contributed by atoms with Crippen molar-refractivity contribution in [2.45, 2.75) is 0 Å². The first-order valence-corrected chi connectivity index (χ1v) is 0. The molecule has 0 spiro atoms. The predicted molar refractivity (Wildman–Crippen MR) is 40.9 cm³/mol. The van der Waals surface area contributed by atoms with Gasteiger partial charge in [-0.25, -0.2) is 0 Å². The molecule has 0 aromatic rings. The van der Waals surface area contributed by atoms with Crippen LogP contribution in [-0.2, 0) is 0 Å². The topological polar surface area (TPSA) is 0 Å². The summed E-state index contributed by atoms with van der Waals surface area (Å²) >= 11 is 0. The molecular weight excluding hydrogens is 242 g/mol. The van der Waals surface area contributed by atoms with Crippen molar-refractivity contribution in [2.24, 2.45) is 0 Å². The molecule has 0 fully saturated rings. The van der Waals surface area contributed by atoms with Gasteiger partial charge in [0.1, 0.15) is 0 Å². The van der Waals surface area contributed by atoms with E-state index in [-0.39, 0.29) is 72.9 Å². The van der Waals surface area contributed by atoms with Gasteiger partial charge in [0.25, 0.3) is 0 Å². The molecule has 0 radical (unpaired) electrons. The summed E-state index contributed by atoms with van der Waals surface area (Å²) in [6, 6.07) is 0. The van der Waals surface area contributed by atoms with Crippen molar-refractivity contribution in [3.63, 3.8) is 0 Å². The molecule has 4 heteroatoms. The van der Waals surface area contributed by atoms with Crippen LogP contribution >= 0.6 is 9.90 Å². The Labute approximate surface area is 72.1 Å². The van der Waals surface area contributed by atoms with Gasteiger partial charge in [-0.1, -0.05) is 0 Å². The van der Waals surface area contributed by atoms with Gasteiger partial charge in [-0.15, -0.1) is 0 Å². The second kappa shape index (κ2) is 17.9. The van der Waals surface area contributed by atoms with E-state index in [2.05, 4.69) is 0 Å². The molecule has 0 nitrogen and oxygen atoms in total. The van der Waals surface area contributed by atoms with Crippen molar-refractivity contribution in [1.82, 2.24) is 0 Å². The summed E-state index contributed by atoms with van der Waals surface area (Å²) in [5.74, 6) is 0. The third kappa shape index (κ3) is 8.82. The van der Waals surface area contributed by atoms with E-state index in [9.17, 15) is 0 Å². The van der Waals surface area contributed by atoms with Gasteiger partial charge in [-0.2, -0.15) is 9.90 Å². The molecule has 0 bridgehead atoms. The van der Waals surface area contributed by atoms with Crippen LogP contribution in [0.4, 0.5) is 0 Å². The molecule has 0 heterocycles. The van der Waals surface area contributed by atoms with Crippen molar-refractivity contribution in [3.05, 3.63) is 0 Å². The van der Waals surface area contributed by atoms with E-state index in [0.717, 1.165) is 0 Å². The van der Waals surface area contributed by atoms with Crippen LogP contribution in [0.3, 0.4) is 0 Å². The Balaban J connectivity index is 0. The molecule has 0 rings (SSSR count). The molecule has 0 aliphatic rings. The van der Waals surface area contributed by atoms with Gasteiger partial charge < -0.3 is 0 Å². The average Bonchev–Trinajstić information content (AvgIpc) is 0. The van der Waals surface area contributed by atoms with Crippen LogP contribution in [0.1, 0.15) is 0 Å². The predicted octanol–water partition coefficient (Wildman–Crippen LogP) is -3.49. The standard InChI is InChI=1S/Al.Ga.In.H3P.9H/h;;;1H3;;;;;;;;;. The number of hydrogen-bond donors (Lipinski definition) is 0. The molecule has 0 aromatic heterocycles. The fourth-order valence-corrected chi connectivity index (χ4v) is 0. The summed E-state index contributed by atoms with van der Waals surface area (Å²) in [6.07, 6.45) is 0. The van der Waals surface area contributed by atoms with Gasteiger partial charge in [-0.05, 0) is 0 Å². The molecule has 0 aliphatic carbocycles. The molecule has 1 unspecified atom stereocenters. The third-order valence-corrected chi connectivity index (χ3v) is 0. The van der Waals surface area contributed by atoms with Crippen molar-refractivity contribution in [3.8, 4) is 0 Å². The average molecular weight is 255 g/mol. The minimum atomic E-state index is 0. The first-order valence-electron chi connectivity index (χ1n) is 0. The molecule has 0 N–H and O–H groups in total. The maximum atomic E-state index is 0. The van der Waals surface area contributed by atoms with Crippen LogP contribution in [0.2, 0.25) is 0 Å². The molecule has 26 valence electrons. The zero-order chi connectivity index (χ0) is 0. The summed E-state index contributed by atoms with van der Waals surface area (Å²) in [4.78, 5) is 0. The molecule has 0 aliphatic heterocycles. The van der Waals surface area contributed by atoms with Crippen molar-refractivity contribution < 1.29 is 0 Å². The van der Waals surface area contributed by atoms with Crippen molar-refractivity contribution >= 4 is 72.9 Å². The fourth-order valence-electron chi connectivity index (χ4n) is 0. The van der Waals surface area contributed by atoms with Crippen LogP contribution < -0.4 is 0 Å². The monoisotopic (exact) mass is 254 g/mol. The second-order valence-electron chi connectivity index (χ2n) is 0. The van der Waals surface area contributed by atoms with Crippen LogP contribution in [0.15, 0.2) is 0 Å². The van der Waals surface area contributed by atoms with Crippen molar-refractivity contribution in [1.29, 1.82) is 0 Å². The molecule has 1 atom stereocenters. The summed E-state index contributed by atoms with van der Waals surface area (Å²) in [5.41, 5.74) is 0. The molecule has 4 heavy (non-hydrogen) atoms. The Morgan fingerprint density at radius 1 is 1.00 bits per heavy atom. The Morgan fingerprint density at radius 3 is 1.00 bits per heavy atom. The summed E-state index contributed by atoms with van der Waals surface area (Å²) < 4.78 is 0. The molecule has 0 aromatic carbocycles. The van der Waals surface area contributed by atoms with Gasteiger partial charge in [0.15, 0.2) is 17.4 Å². The summed E-state index contributed by atoms with van der Waals surface area (Å²) in [5, 5.41) is 0. The zero-order valence-electron chi connectivity index (χ0n) is 0.707. The quantitative estimate of drug-likeness (QED) is 0.311. The zero-order valence-corrected chi connectivity index (χ0v) is 2.12. The van der Waals surface area contributed by atoms with Crippen LogP contribution in [0.25, 0.3) is 0 Å². The van der Waals surface area contributed by atoms with Crippen LogP contribution in [0.5, 0.6) is 0 Å². The minimum absolute atomic E-state index is 0.